The molecule has 116 valence electrons. The molecule has 0 unspecified atom stereocenters. The molecule has 1 aromatic rings. The van der Waals surface area contributed by atoms with Crippen molar-refractivity contribution in [2.45, 2.75) is 33.2 Å². The molecule has 0 spiro atoms. The van der Waals surface area contributed by atoms with Crippen LogP contribution in [0.15, 0.2) is 18.2 Å². The Bertz CT molecular complexity index is 500. The van der Waals surface area contributed by atoms with Gasteiger partial charge in [0.1, 0.15) is 0 Å². The Morgan fingerprint density at radius 2 is 2.19 bits per heavy atom. The Morgan fingerprint density at radius 3 is 2.86 bits per heavy atom. The number of aryl methyl sites for hydroxylation is 1. The highest BCUT2D eigenvalue weighted by atomic mass is 16.4. The van der Waals surface area contributed by atoms with E-state index in [1.54, 1.807) is 0 Å². The molecular weight excluding hydrogens is 264 g/mol. The number of hydrogen-bond donors (Lipinski definition) is 1. The number of hydrogen-bond acceptors (Lipinski definition) is 3. The van der Waals surface area contributed by atoms with Gasteiger partial charge in [-0.15, -0.1) is 0 Å². The smallest absolute Gasteiger partial charge is 0.317 e. The molecule has 4 nitrogen and oxygen atoms in total. The molecule has 4 heteroatoms. The largest absolute Gasteiger partial charge is 0.480 e. The highest BCUT2D eigenvalue weighted by Crippen LogP contribution is 2.27. The van der Waals surface area contributed by atoms with Gasteiger partial charge in [0.05, 0.1) is 6.54 Å². The van der Waals surface area contributed by atoms with Crippen LogP contribution in [-0.2, 0) is 17.8 Å². The SMILES string of the molecule is CC(C)CN(CC(=O)O)Cc1ccc2c(c1)CCCN2C. The van der Waals surface area contributed by atoms with E-state index in [2.05, 4.69) is 44.0 Å². The summed E-state index contributed by atoms with van der Waals surface area (Å²) in [7, 11) is 2.13. The Balaban J connectivity index is 2.11. The molecule has 0 atom stereocenters. The van der Waals surface area contributed by atoms with Crippen LogP contribution in [0.2, 0.25) is 0 Å². The second-order valence-electron chi connectivity index (χ2n) is 6.45. The van der Waals surface area contributed by atoms with E-state index in [1.807, 2.05) is 4.90 Å². The lowest BCUT2D eigenvalue weighted by molar-refractivity contribution is -0.138. The maximum Gasteiger partial charge on any atom is 0.317 e. The number of carboxylic acids is 1. The Morgan fingerprint density at radius 1 is 1.43 bits per heavy atom. The third-order valence-corrected chi connectivity index (χ3v) is 3.88. The summed E-state index contributed by atoms with van der Waals surface area (Å²) in [5.74, 6) is -0.290. The fraction of sp³-hybridized carbons (Fsp3) is 0.588. The monoisotopic (exact) mass is 290 g/mol. The van der Waals surface area contributed by atoms with E-state index in [0.29, 0.717) is 12.5 Å². The molecule has 0 fully saturated rings. The highest BCUT2D eigenvalue weighted by Gasteiger charge is 2.16. The van der Waals surface area contributed by atoms with Crippen molar-refractivity contribution in [1.82, 2.24) is 4.90 Å². The molecule has 21 heavy (non-hydrogen) atoms. The van der Waals surface area contributed by atoms with Gasteiger partial charge in [-0.05, 0) is 36.0 Å². The van der Waals surface area contributed by atoms with Gasteiger partial charge in [0.15, 0.2) is 0 Å². The first kappa shape index (κ1) is 15.8. The molecule has 1 heterocycles. The lowest BCUT2D eigenvalue weighted by Gasteiger charge is -2.29. The molecule has 0 bridgehead atoms. The zero-order valence-electron chi connectivity index (χ0n) is 13.3. The van der Waals surface area contributed by atoms with Crippen LogP contribution in [0, 0.1) is 5.92 Å². The van der Waals surface area contributed by atoms with Crippen molar-refractivity contribution in [3.63, 3.8) is 0 Å². The van der Waals surface area contributed by atoms with Crippen molar-refractivity contribution in [3.05, 3.63) is 29.3 Å². The van der Waals surface area contributed by atoms with Gasteiger partial charge in [-0.3, -0.25) is 9.69 Å². The lowest BCUT2D eigenvalue weighted by atomic mass is 9.99. The molecule has 0 radical (unpaired) electrons. The average Bonchev–Trinajstić information content (AvgIpc) is 2.37. The van der Waals surface area contributed by atoms with Crippen LogP contribution in [0.3, 0.4) is 0 Å². The third-order valence-electron chi connectivity index (χ3n) is 3.88. The van der Waals surface area contributed by atoms with E-state index in [1.165, 1.54) is 23.2 Å². The van der Waals surface area contributed by atoms with Gasteiger partial charge >= 0.3 is 5.97 Å². The fourth-order valence-electron chi connectivity index (χ4n) is 3.09. The molecule has 0 amide bonds. The topological polar surface area (TPSA) is 43.8 Å². The van der Waals surface area contributed by atoms with E-state index in [0.717, 1.165) is 19.5 Å². The predicted molar refractivity (Wildman–Crippen MR) is 85.8 cm³/mol. The first-order chi connectivity index (χ1) is 9.95. The Kier molecular flexibility index (Phi) is 5.23. The number of benzene rings is 1. The number of fused-ring (bicyclic) bond motifs is 1. The van der Waals surface area contributed by atoms with Crippen LogP contribution >= 0.6 is 0 Å². The standard InChI is InChI=1S/C17H26N2O2/c1-13(2)10-19(12-17(20)21)11-14-6-7-16-15(9-14)5-4-8-18(16)3/h6-7,9,13H,4-5,8,10-12H2,1-3H3,(H,20,21). The first-order valence-corrected chi connectivity index (χ1v) is 7.73. The zero-order chi connectivity index (χ0) is 15.4. The maximum absolute atomic E-state index is 11.0. The quantitative estimate of drug-likeness (QED) is 0.874. The minimum Gasteiger partial charge on any atom is -0.480 e. The Labute approximate surface area is 127 Å². The lowest BCUT2D eigenvalue weighted by Crippen LogP contribution is -2.32. The summed E-state index contributed by atoms with van der Waals surface area (Å²) >= 11 is 0. The van der Waals surface area contributed by atoms with Gasteiger partial charge in [-0.2, -0.15) is 0 Å². The van der Waals surface area contributed by atoms with Crippen LogP contribution in [0.1, 0.15) is 31.4 Å². The van der Waals surface area contributed by atoms with Gasteiger partial charge in [0.25, 0.3) is 0 Å². The van der Waals surface area contributed by atoms with Crippen molar-refractivity contribution in [2.75, 3.05) is 31.6 Å². The van der Waals surface area contributed by atoms with Crippen molar-refractivity contribution in [2.24, 2.45) is 5.92 Å². The van der Waals surface area contributed by atoms with Gasteiger partial charge in [0, 0.05) is 32.4 Å². The van der Waals surface area contributed by atoms with Crippen LogP contribution in [-0.4, -0.2) is 42.7 Å². The van der Waals surface area contributed by atoms with Gasteiger partial charge in [0.2, 0.25) is 0 Å². The minimum absolute atomic E-state index is 0.106. The van der Waals surface area contributed by atoms with Crippen LogP contribution in [0.25, 0.3) is 0 Å². The molecule has 1 aliphatic heterocycles. The van der Waals surface area contributed by atoms with Gasteiger partial charge in [-0.1, -0.05) is 26.0 Å². The average molecular weight is 290 g/mol. The summed E-state index contributed by atoms with van der Waals surface area (Å²) in [6.07, 6.45) is 2.31. The van der Waals surface area contributed by atoms with Crippen LogP contribution in [0.4, 0.5) is 5.69 Å². The molecule has 0 saturated carbocycles. The summed E-state index contributed by atoms with van der Waals surface area (Å²) in [6.45, 7) is 6.98. The summed E-state index contributed by atoms with van der Waals surface area (Å²) in [6, 6.07) is 6.56. The number of rotatable bonds is 6. The van der Waals surface area contributed by atoms with E-state index in [4.69, 9.17) is 5.11 Å². The minimum atomic E-state index is -0.756. The molecule has 0 saturated heterocycles. The summed E-state index contributed by atoms with van der Waals surface area (Å²) < 4.78 is 0. The molecule has 0 aliphatic carbocycles. The van der Waals surface area contributed by atoms with E-state index < -0.39 is 5.97 Å². The fourth-order valence-corrected chi connectivity index (χ4v) is 3.09. The summed E-state index contributed by atoms with van der Waals surface area (Å²) in [5, 5.41) is 9.05. The normalized spacial score (nSPS) is 14.6. The van der Waals surface area contributed by atoms with E-state index in [-0.39, 0.29) is 6.54 Å². The van der Waals surface area contributed by atoms with Gasteiger partial charge in [-0.25, -0.2) is 0 Å². The second-order valence-corrected chi connectivity index (χ2v) is 6.45. The van der Waals surface area contributed by atoms with Crippen LogP contribution < -0.4 is 4.90 Å². The van der Waals surface area contributed by atoms with Crippen molar-refractivity contribution < 1.29 is 9.90 Å². The van der Waals surface area contributed by atoms with E-state index in [9.17, 15) is 4.79 Å². The number of aliphatic carboxylic acids is 1. The number of carboxylic acid groups (broad SMARTS) is 1. The van der Waals surface area contributed by atoms with Crippen molar-refractivity contribution >= 4 is 11.7 Å². The van der Waals surface area contributed by atoms with Crippen molar-refractivity contribution in [3.8, 4) is 0 Å². The molecular formula is C17H26N2O2. The third kappa shape index (κ3) is 4.46. The van der Waals surface area contributed by atoms with Crippen molar-refractivity contribution in [1.29, 1.82) is 0 Å². The van der Waals surface area contributed by atoms with Crippen LogP contribution in [0.5, 0.6) is 0 Å². The molecule has 2 rings (SSSR count). The zero-order valence-corrected chi connectivity index (χ0v) is 13.3. The highest BCUT2D eigenvalue weighted by molar-refractivity contribution is 5.69. The van der Waals surface area contributed by atoms with Gasteiger partial charge < -0.3 is 10.0 Å². The predicted octanol–water partition coefficient (Wildman–Crippen LogP) is 2.61. The molecule has 1 N–H and O–H groups in total. The summed E-state index contributed by atoms with van der Waals surface area (Å²) in [5.41, 5.74) is 3.92. The number of anilines is 1. The molecule has 0 aromatic heterocycles. The maximum atomic E-state index is 11.0. The second kappa shape index (κ2) is 6.94. The Hall–Kier alpha value is -1.55. The molecule has 1 aromatic carbocycles. The molecule has 1 aliphatic rings. The summed E-state index contributed by atoms with van der Waals surface area (Å²) in [4.78, 5) is 15.3. The number of nitrogens with zero attached hydrogens (tertiary/aromatic N) is 2. The van der Waals surface area contributed by atoms with E-state index >= 15 is 0 Å². The first-order valence-electron chi connectivity index (χ1n) is 7.73. The number of carbonyl (C=O) groups is 1.